The number of aryl methyl sites for hydroxylation is 1. The van der Waals surface area contributed by atoms with Crippen LogP contribution < -0.4 is 5.32 Å². The minimum Gasteiger partial charge on any atom is -0.463 e. The molecule has 0 aromatic heterocycles. The molecule has 0 fully saturated rings. The third-order valence-electron chi connectivity index (χ3n) is 5.84. The number of hydrogen-bond acceptors (Lipinski definition) is 4. The molecule has 2 aromatic rings. The Labute approximate surface area is 201 Å². The highest BCUT2D eigenvalue weighted by Gasteiger charge is 2.37. The van der Waals surface area contributed by atoms with Crippen molar-refractivity contribution in [3.8, 4) is 0 Å². The summed E-state index contributed by atoms with van der Waals surface area (Å²) in [4.78, 5) is 39.6. The number of halogens is 3. The lowest BCUT2D eigenvalue weighted by Crippen LogP contribution is -2.44. The van der Waals surface area contributed by atoms with Crippen molar-refractivity contribution in [3.63, 3.8) is 0 Å². The second-order valence-corrected chi connectivity index (χ2v) is 8.34. The number of benzene rings is 2. The first kappa shape index (κ1) is 26.0. The molecule has 2 aromatic carbocycles. The van der Waals surface area contributed by atoms with Gasteiger partial charge >= 0.3 is 12.1 Å². The Bertz CT molecular complexity index is 1140. The Morgan fingerprint density at radius 2 is 1.80 bits per heavy atom. The lowest BCUT2D eigenvalue weighted by atomic mass is 9.83. The first-order valence-corrected chi connectivity index (χ1v) is 11.2. The molecule has 2 amide bonds. The molecule has 0 saturated heterocycles. The summed E-state index contributed by atoms with van der Waals surface area (Å²) in [6, 6.07) is 12.2. The largest absolute Gasteiger partial charge is 0.463 e. The van der Waals surface area contributed by atoms with E-state index in [1.54, 1.807) is 13.8 Å². The number of amides is 2. The van der Waals surface area contributed by atoms with Gasteiger partial charge in [0.1, 0.15) is 6.54 Å². The summed E-state index contributed by atoms with van der Waals surface area (Å²) < 4.78 is 44.0. The van der Waals surface area contributed by atoms with Crippen LogP contribution in [-0.2, 0) is 31.8 Å². The van der Waals surface area contributed by atoms with Gasteiger partial charge < -0.3 is 15.0 Å². The van der Waals surface area contributed by atoms with Gasteiger partial charge in [-0.05, 0) is 44.0 Å². The van der Waals surface area contributed by atoms with E-state index >= 15 is 0 Å². The van der Waals surface area contributed by atoms with Crippen LogP contribution in [0.5, 0.6) is 0 Å². The van der Waals surface area contributed by atoms with Crippen LogP contribution in [0.15, 0.2) is 59.8 Å². The molecule has 1 aliphatic heterocycles. The molecule has 0 saturated carbocycles. The van der Waals surface area contributed by atoms with E-state index in [0.29, 0.717) is 11.3 Å². The van der Waals surface area contributed by atoms with Crippen molar-refractivity contribution in [1.29, 1.82) is 0 Å². The van der Waals surface area contributed by atoms with Crippen LogP contribution in [0.3, 0.4) is 0 Å². The summed E-state index contributed by atoms with van der Waals surface area (Å²) in [5, 5.41) is 2.55. The summed E-state index contributed by atoms with van der Waals surface area (Å²) in [6.45, 7) is 4.86. The van der Waals surface area contributed by atoms with Gasteiger partial charge in [0.15, 0.2) is 0 Å². The smallest absolute Gasteiger partial charge is 0.416 e. The zero-order valence-electron chi connectivity index (χ0n) is 19.7. The quantitative estimate of drug-likeness (QED) is 0.583. The van der Waals surface area contributed by atoms with Crippen LogP contribution in [0.4, 0.5) is 13.2 Å². The summed E-state index contributed by atoms with van der Waals surface area (Å²) >= 11 is 0. The third-order valence-corrected chi connectivity index (χ3v) is 5.84. The lowest BCUT2D eigenvalue weighted by molar-refractivity contribution is -0.141. The van der Waals surface area contributed by atoms with Crippen molar-refractivity contribution < 1.29 is 32.3 Å². The van der Waals surface area contributed by atoms with Gasteiger partial charge in [0, 0.05) is 24.6 Å². The maximum absolute atomic E-state index is 13.0. The predicted octanol–water partition coefficient (Wildman–Crippen LogP) is 4.48. The average Bonchev–Trinajstić information content (AvgIpc) is 2.80. The predicted molar refractivity (Wildman–Crippen MR) is 123 cm³/mol. The Morgan fingerprint density at radius 3 is 2.43 bits per heavy atom. The van der Waals surface area contributed by atoms with E-state index in [-0.39, 0.29) is 37.6 Å². The summed E-state index contributed by atoms with van der Waals surface area (Å²) in [6.07, 6.45) is -4.50. The fourth-order valence-electron chi connectivity index (χ4n) is 4.02. The number of hydrogen-bond donors (Lipinski definition) is 1. The summed E-state index contributed by atoms with van der Waals surface area (Å²) in [5.74, 6) is -1.97. The fraction of sp³-hybridized carbons (Fsp3) is 0.346. The highest BCUT2D eigenvalue weighted by Crippen LogP contribution is 2.37. The third kappa shape index (κ3) is 6.29. The molecule has 1 aliphatic rings. The second kappa shape index (κ2) is 10.8. The molecule has 0 radical (unpaired) electrons. The molecule has 9 heteroatoms. The Morgan fingerprint density at radius 1 is 1.11 bits per heavy atom. The molecule has 0 spiro atoms. The van der Waals surface area contributed by atoms with E-state index in [9.17, 15) is 27.6 Å². The zero-order valence-corrected chi connectivity index (χ0v) is 19.7. The van der Waals surface area contributed by atoms with Crippen molar-refractivity contribution in [2.75, 3.05) is 13.2 Å². The maximum atomic E-state index is 13.0. The van der Waals surface area contributed by atoms with Crippen LogP contribution in [-0.4, -0.2) is 35.8 Å². The first-order chi connectivity index (χ1) is 16.5. The number of carbonyl (C=O) groups excluding carboxylic acids is 3. The molecule has 1 atom stereocenters. The van der Waals surface area contributed by atoms with Crippen LogP contribution in [0.1, 0.15) is 48.4 Å². The number of allylic oxidation sites excluding steroid dienone is 1. The highest BCUT2D eigenvalue weighted by molar-refractivity contribution is 5.97. The maximum Gasteiger partial charge on any atom is 0.416 e. The fourth-order valence-corrected chi connectivity index (χ4v) is 4.02. The summed E-state index contributed by atoms with van der Waals surface area (Å²) in [5.41, 5.74) is 1.92. The van der Waals surface area contributed by atoms with Gasteiger partial charge in [-0.25, -0.2) is 4.79 Å². The zero-order chi connectivity index (χ0) is 25.8. The topological polar surface area (TPSA) is 75.7 Å². The minimum absolute atomic E-state index is 0.0184. The van der Waals surface area contributed by atoms with Gasteiger partial charge in [-0.1, -0.05) is 42.0 Å². The minimum atomic E-state index is -4.49. The molecule has 0 bridgehead atoms. The first-order valence-electron chi connectivity index (χ1n) is 11.2. The monoisotopic (exact) mass is 488 g/mol. The number of ether oxygens (including phenoxy) is 1. The molecule has 3 rings (SSSR count). The van der Waals surface area contributed by atoms with Gasteiger partial charge in [0.2, 0.25) is 11.8 Å². The SMILES string of the molecule is CCOC(=O)C1=C(C)N(CC(=O)NCc2cccc(C(F)(F)F)c2)C(=O)CC1c1ccc(C)cc1. The Hall–Kier alpha value is -3.62. The van der Waals surface area contributed by atoms with Crippen molar-refractivity contribution in [2.24, 2.45) is 0 Å². The standard InChI is InChI=1S/C26H27F3N2O4/c1-4-35-25(34)24-17(3)31(23(33)13-21(24)19-10-8-16(2)9-11-19)15-22(32)30-14-18-6-5-7-20(12-18)26(27,28)29/h5-12,21H,4,13-15H2,1-3H3,(H,30,32). The number of nitrogens with one attached hydrogen (secondary N) is 1. The molecular weight excluding hydrogens is 461 g/mol. The van der Waals surface area contributed by atoms with E-state index in [4.69, 9.17) is 4.74 Å². The van der Waals surface area contributed by atoms with Gasteiger partial charge in [-0.2, -0.15) is 13.2 Å². The van der Waals surface area contributed by atoms with E-state index in [0.717, 1.165) is 23.3 Å². The van der Waals surface area contributed by atoms with Crippen LogP contribution in [0.25, 0.3) is 0 Å². The van der Waals surface area contributed by atoms with Crippen LogP contribution in [0, 0.1) is 6.92 Å². The van der Waals surface area contributed by atoms with Gasteiger partial charge in [0.05, 0.1) is 17.7 Å². The number of rotatable bonds is 7. The number of carbonyl (C=O) groups is 3. The molecule has 1 heterocycles. The van der Waals surface area contributed by atoms with Crippen molar-refractivity contribution in [3.05, 3.63) is 82.1 Å². The van der Waals surface area contributed by atoms with E-state index in [2.05, 4.69) is 5.32 Å². The van der Waals surface area contributed by atoms with Gasteiger partial charge in [0.25, 0.3) is 0 Å². The van der Waals surface area contributed by atoms with Crippen LogP contribution in [0.2, 0.25) is 0 Å². The highest BCUT2D eigenvalue weighted by atomic mass is 19.4. The van der Waals surface area contributed by atoms with E-state index < -0.39 is 29.5 Å². The number of nitrogens with zero attached hydrogens (tertiary/aromatic N) is 1. The number of alkyl halides is 3. The lowest BCUT2D eigenvalue weighted by Gasteiger charge is -2.34. The second-order valence-electron chi connectivity index (χ2n) is 8.34. The van der Waals surface area contributed by atoms with Crippen molar-refractivity contribution in [1.82, 2.24) is 10.2 Å². The van der Waals surface area contributed by atoms with Crippen LogP contribution >= 0.6 is 0 Å². The normalized spacial score (nSPS) is 16.3. The molecule has 35 heavy (non-hydrogen) atoms. The van der Waals surface area contributed by atoms with Crippen molar-refractivity contribution in [2.45, 2.75) is 45.8 Å². The average molecular weight is 489 g/mol. The molecule has 6 nitrogen and oxygen atoms in total. The Balaban J connectivity index is 1.79. The van der Waals surface area contributed by atoms with E-state index in [1.807, 2.05) is 31.2 Å². The van der Waals surface area contributed by atoms with Gasteiger partial charge in [-0.3, -0.25) is 9.59 Å². The summed E-state index contributed by atoms with van der Waals surface area (Å²) in [7, 11) is 0. The molecule has 186 valence electrons. The molecular formula is C26H27F3N2O4. The number of esters is 1. The van der Waals surface area contributed by atoms with Crippen molar-refractivity contribution >= 4 is 17.8 Å². The van der Waals surface area contributed by atoms with Gasteiger partial charge in [-0.15, -0.1) is 0 Å². The molecule has 0 aliphatic carbocycles. The van der Waals surface area contributed by atoms with E-state index in [1.165, 1.54) is 17.0 Å². The Kier molecular flexibility index (Phi) is 7.99. The molecule has 1 N–H and O–H groups in total. The molecule has 1 unspecified atom stereocenters.